The summed E-state index contributed by atoms with van der Waals surface area (Å²) in [6.45, 7) is 4.35. The van der Waals surface area contributed by atoms with Crippen LogP contribution in [-0.2, 0) is 25.5 Å². The zero-order valence-electron chi connectivity index (χ0n) is 17.3. The van der Waals surface area contributed by atoms with Gasteiger partial charge in [0.15, 0.2) is 0 Å². The van der Waals surface area contributed by atoms with Crippen molar-refractivity contribution < 1.29 is 22.1 Å². The maximum Gasteiger partial charge on any atom is 0.296 e. The minimum Gasteiger partial charge on any atom is -0.492 e. The van der Waals surface area contributed by atoms with E-state index in [0.717, 1.165) is 11.1 Å². The van der Waals surface area contributed by atoms with E-state index in [-0.39, 0.29) is 23.3 Å². The fourth-order valence-corrected chi connectivity index (χ4v) is 3.99. The molecular formula is C22H28ClNO5S. The highest BCUT2D eigenvalue weighted by molar-refractivity contribution is 7.86. The van der Waals surface area contributed by atoms with Gasteiger partial charge in [-0.2, -0.15) is 8.42 Å². The lowest BCUT2D eigenvalue weighted by atomic mass is 10.1. The molecule has 0 aliphatic carbocycles. The Morgan fingerprint density at radius 2 is 1.87 bits per heavy atom. The van der Waals surface area contributed by atoms with E-state index in [4.69, 9.17) is 26.3 Å². The van der Waals surface area contributed by atoms with Crippen LogP contribution in [0.15, 0.2) is 47.4 Å². The SMILES string of the molecule is Cc1ccc(S(=O)(=O)OCCCc2cccc(OC[C@@H](C)CCC(N)=O)c2Cl)cc1. The molecule has 0 saturated heterocycles. The minimum atomic E-state index is -3.77. The first kappa shape index (κ1) is 24.2. The van der Waals surface area contributed by atoms with Crippen LogP contribution in [0.4, 0.5) is 0 Å². The number of ether oxygens (including phenoxy) is 1. The summed E-state index contributed by atoms with van der Waals surface area (Å²) >= 11 is 6.44. The molecule has 2 rings (SSSR count). The predicted molar refractivity (Wildman–Crippen MR) is 117 cm³/mol. The van der Waals surface area contributed by atoms with E-state index in [2.05, 4.69) is 0 Å². The number of primary amides is 1. The molecule has 0 aromatic heterocycles. The quantitative estimate of drug-likeness (QED) is 0.382. The van der Waals surface area contributed by atoms with Crippen LogP contribution in [0.5, 0.6) is 5.75 Å². The highest BCUT2D eigenvalue weighted by atomic mass is 35.5. The zero-order chi connectivity index (χ0) is 22.1. The second-order valence-corrected chi connectivity index (χ2v) is 9.34. The molecule has 164 valence electrons. The second-order valence-electron chi connectivity index (χ2n) is 7.34. The monoisotopic (exact) mass is 453 g/mol. The Morgan fingerprint density at radius 1 is 1.17 bits per heavy atom. The maximum absolute atomic E-state index is 12.2. The fraction of sp³-hybridized carbons (Fsp3) is 0.409. The van der Waals surface area contributed by atoms with Gasteiger partial charge in [0.25, 0.3) is 10.1 Å². The molecule has 0 heterocycles. The van der Waals surface area contributed by atoms with Gasteiger partial charge in [0.2, 0.25) is 5.91 Å². The van der Waals surface area contributed by atoms with Crippen molar-refractivity contribution in [2.45, 2.75) is 44.4 Å². The van der Waals surface area contributed by atoms with Gasteiger partial charge in [0.1, 0.15) is 5.75 Å². The summed E-state index contributed by atoms with van der Waals surface area (Å²) in [6, 6.07) is 12.0. The molecule has 0 fully saturated rings. The van der Waals surface area contributed by atoms with Gasteiger partial charge >= 0.3 is 0 Å². The third kappa shape index (κ3) is 7.63. The lowest BCUT2D eigenvalue weighted by Crippen LogP contribution is -2.15. The number of aryl methyl sites for hydroxylation is 2. The molecule has 0 unspecified atom stereocenters. The molecule has 0 radical (unpaired) electrons. The van der Waals surface area contributed by atoms with Crippen LogP contribution in [0.2, 0.25) is 5.02 Å². The van der Waals surface area contributed by atoms with Gasteiger partial charge in [-0.1, -0.05) is 48.4 Å². The van der Waals surface area contributed by atoms with Crippen LogP contribution < -0.4 is 10.5 Å². The number of hydrogen-bond donors (Lipinski definition) is 1. The molecule has 0 bridgehead atoms. The number of amides is 1. The first-order chi connectivity index (χ1) is 14.2. The number of carbonyl (C=O) groups excluding carboxylic acids is 1. The standard InChI is InChI=1S/C22H28ClNO5S/c1-16-8-11-19(12-9-16)30(26,27)29-14-4-6-18-5-3-7-20(22(18)23)28-15-17(2)10-13-21(24)25/h3,5,7-9,11-12,17H,4,6,10,13-15H2,1-2H3,(H2,24,25)/t17-/m0/s1. The molecular weight excluding hydrogens is 426 g/mol. The average Bonchev–Trinajstić information content (AvgIpc) is 2.70. The van der Waals surface area contributed by atoms with E-state index >= 15 is 0 Å². The van der Waals surface area contributed by atoms with Crippen LogP contribution >= 0.6 is 11.6 Å². The van der Waals surface area contributed by atoms with Crippen LogP contribution in [0.1, 0.15) is 37.3 Å². The van der Waals surface area contributed by atoms with Crippen molar-refractivity contribution in [3.8, 4) is 5.75 Å². The van der Waals surface area contributed by atoms with Crippen molar-refractivity contribution in [2.24, 2.45) is 11.7 Å². The summed E-state index contributed by atoms with van der Waals surface area (Å²) in [6.07, 6.45) is 2.02. The van der Waals surface area contributed by atoms with Gasteiger partial charge in [-0.3, -0.25) is 8.98 Å². The van der Waals surface area contributed by atoms with Crippen LogP contribution in [0.25, 0.3) is 0 Å². The van der Waals surface area contributed by atoms with E-state index in [1.54, 1.807) is 18.2 Å². The summed E-state index contributed by atoms with van der Waals surface area (Å²) in [5.74, 6) is 0.402. The van der Waals surface area contributed by atoms with Crippen LogP contribution in [0, 0.1) is 12.8 Å². The van der Waals surface area contributed by atoms with E-state index in [9.17, 15) is 13.2 Å². The third-order valence-electron chi connectivity index (χ3n) is 4.59. The molecule has 1 amide bonds. The summed E-state index contributed by atoms with van der Waals surface area (Å²) < 4.78 is 35.4. The topological polar surface area (TPSA) is 95.7 Å². The zero-order valence-corrected chi connectivity index (χ0v) is 18.8. The predicted octanol–water partition coefficient (Wildman–Crippen LogP) is 4.27. The molecule has 6 nitrogen and oxygen atoms in total. The Hall–Kier alpha value is -2.09. The normalized spacial score (nSPS) is 12.5. The number of nitrogens with two attached hydrogens (primary N) is 1. The van der Waals surface area contributed by atoms with Gasteiger partial charge < -0.3 is 10.5 Å². The molecule has 0 saturated carbocycles. The number of rotatable bonds is 12. The summed E-state index contributed by atoms with van der Waals surface area (Å²) in [7, 11) is -3.77. The largest absolute Gasteiger partial charge is 0.492 e. The van der Waals surface area contributed by atoms with E-state index in [1.807, 2.05) is 26.0 Å². The maximum atomic E-state index is 12.2. The minimum absolute atomic E-state index is 0.0573. The average molecular weight is 454 g/mol. The molecule has 2 aromatic carbocycles. The number of hydrogen-bond acceptors (Lipinski definition) is 5. The Morgan fingerprint density at radius 3 is 2.53 bits per heavy atom. The molecule has 2 aromatic rings. The molecule has 1 atom stereocenters. The highest BCUT2D eigenvalue weighted by Crippen LogP contribution is 2.29. The molecule has 0 aliphatic rings. The van der Waals surface area contributed by atoms with Gasteiger partial charge in [0.05, 0.1) is 23.1 Å². The Labute approximate surface area is 183 Å². The fourth-order valence-electron chi connectivity index (χ4n) is 2.77. The first-order valence-corrected chi connectivity index (χ1v) is 11.6. The molecule has 30 heavy (non-hydrogen) atoms. The second kappa shape index (κ2) is 11.3. The van der Waals surface area contributed by atoms with Crippen molar-refractivity contribution >= 4 is 27.6 Å². The van der Waals surface area contributed by atoms with E-state index in [0.29, 0.717) is 43.1 Å². The Kier molecular flexibility index (Phi) is 9.14. The highest BCUT2D eigenvalue weighted by Gasteiger charge is 2.15. The molecule has 0 aliphatic heterocycles. The lowest BCUT2D eigenvalue weighted by molar-refractivity contribution is -0.118. The van der Waals surface area contributed by atoms with E-state index in [1.165, 1.54) is 12.1 Å². The third-order valence-corrected chi connectivity index (χ3v) is 6.34. The van der Waals surface area contributed by atoms with Gasteiger partial charge in [-0.25, -0.2) is 0 Å². The summed E-state index contributed by atoms with van der Waals surface area (Å²) in [5.41, 5.74) is 7.00. The lowest BCUT2D eigenvalue weighted by Gasteiger charge is -2.15. The first-order valence-electron chi connectivity index (χ1n) is 9.83. The summed E-state index contributed by atoms with van der Waals surface area (Å²) in [4.78, 5) is 11.0. The van der Waals surface area contributed by atoms with Crippen molar-refractivity contribution in [3.63, 3.8) is 0 Å². The van der Waals surface area contributed by atoms with Crippen LogP contribution in [-0.4, -0.2) is 27.5 Å². The summed E-state index contributed by atoms with van der Waals surface area (Å²) in [5, 5.41) is 0.501. The van der Waals surface area contributed by atoms with Crippen molar-refractivity contribution in [1.82, 2.24) is 0 Å². The van der Waals surface area contributed by atoms with Crippen LogP contribution in [0.3, 0.4) is 0 Å². The van der Waals surface area contributed by atoms with Gasteiger partial charge in [-0.15, -0.1) is 0 Å². The van der Waals surface area contributed by atoms with E-state index < -0.39 is 10.1 Å². The Bertz CT molecular complexity index is 945. The van der Waals surface area contributed by atoms with Crippen molar-refractivity contribution in [3.05, 3.63) is 58.6 Å². The van der Waals surface area contributed by atoms with Gasteiger partial charge in [0, 0.05) is 6.42 Å². The smallest absolute Gasteiger partial charge is 0.296 e. The molecule has 2 N–H and O–H groups in total. The van der Waals surface area contributed by atoms with Crippen molar-refractivity contribution in [2.75, 3.05) is 13.2 Å². The number of carbonyl (C=O) groups is 1. The Balaban J connectivity index is 1.85. The van der Waals surface area contributed by atoms with Gasteiger partial charge in [-0.05, 0) is 55.9 Å². The number of halogens is 1. The number of benzene rings is 2. The molecule has 0 spiro atoms. The molecule has 8 heteroatoms. The van der Waals surface area contributed by atoms with Crippen molar-refractivity contribution in [1.29, 1.82) is 0 Å².